The van der Waals surface area contributed by atoms with Gasteiger partial charge in [-0.2, -0.15) is 0 Å². The van der Waals surface area contributed by atoms with Crippen molar-refractivity contribution in [3.8, 4) is 0 Å². The zero-order valence-corrected chi connectivity index (χ0v) is 13.2. The Kier molecular flexibility index (Phi) is 4.02. The molecule has 2 aliphatic heterocycles. The Labute approximate surface area is 133 Å². The van der Waals surface area contributed by atoms with Gasteiger partial charge in [-0.25, -0.2) is 9.79 Å². The van der Waals surface area contributed by atoms with Crippen LogP contribution in [0.25, 0.3) is 0 Å². The van der Waals surface area contributed by atoms with E-state index in [1.54, 1.807) is 23.6 Å². The number of benzene rings is 1. The highest BCUT2D eigenvalue weighted by Crippen LogP contribution is 2.40. The van der Waals surface area contributed by atoms with E-state index in [-0.39, 0.29) is 5.91 Å². The fraction of sp³-hybridized carbons (Fsp3) is 0.312. The van der Waals surface area contributed by atoms with Crippen LogP contribution in [0.1, 0.15) is 24.9 Å². The lowest BCUT2D eigenvalue weighted by Crippen LogP contribution is -2.45. The van der Waals surface area contributed by atoms with Gasteiger partial charge in [0.15, 0.2) is 5.17 Å². The van der Waals surface area contributed by atoms with E-state index in [1.807, 2.05) is 30.3 Å². The van der Waals surface area contributed by atoms with Crippen LogP contribution in [0, 0.1) is 0 Å². The lowest BCUT2D eigenvalue weighted by atomic mass is 9.94. The molecular weight excluding hydrogens is 300 g/mol. The van der Waals surface area contributed by atoms with Crippen LogP contribution in [-0.4, -0.2) is 34.8 Å². The third-order valence-corrected chi connectivity index (χ3v) is 4.68. The normalized spacial score (nSPS) is 21.4. The Hall–Kier alpha value is -2.08. The maximum atomic E-state index is 12.4. The van der Waals surface area contributed by atoms with Crippen LogP contribution in [0.2, 0.25) is 0 Å². The van der Waals surface area contributed by atoms with E-state index in [0.29, 0.717) is 22.9 Å². The highest BCUT2D eigenvalue weighted by Gasteiger charge is 2.41. The van der Waals surface area contributed by atoms with Crippen molar-refractivity contribution < 1.29 is 14.3 Å². The van der Waals surface area contributed by atoms with Crippen molar-refractivity contribution in [3.05, 3.63) is 47.2 Å². The predicted molar refractivity (Wildman–Crippen MR) is 85.3 cm³/mol. The highest BCUT2D eigenvalue weighted by atomic mass is 32.2. The summed E-state index contributed by atoms with van der Waals surface area (Å²) in [7, 11) is 1.34. The molecule has 1 saturated heterocycles. The molecule has 1 aromatic rings. The number of methoxy groups -OCH3 is 1. The number of thioether (sulfide) groups is 1. The molecule has 2 aliphatic rings. The van der Waals surface area contributed by atoms with E-state index in [1.165, 1.54) is 7.11 Å². The third kappa shape index (κ3) is 2.43. The summed E-state index contributed by atoms with van der Waals surface area (Å²) in [6.07, 6.45) is 0.445. The maximum absolute atomic E-state index is 12.4. The molecule has 6 heteroatoms. The fourth-order valence-corrected chi connectivity index (χ4v) is 3.72. The quantitative estimate of drug-likeness (QED) is 0.787. The van der Waals surface area contributed by atoms with Gasteiger partial charge in [0, 0.05) is 12.2 Å². The molecule has 114 valence electrons. The topological polar surface area (TPSA) is 59.0 Å². The average molecular weight is 316 g/mol. The number of amidine groups is 1. The molecule has 2 heterocycles. The van der Waals surface area contributed by atoms with Gasteiger partial charge in [-0.1, -0.05) is 42.1 Å². The number of carbonyl (C=O) groups is 2. The Morgan fingerprint density at radius 2 is 2.09 bits per heavy atom. The molecule has 1 atom stereocenters. The van der Waals surface area contributed by atoms with Crippen molar-refractivity contribution in [1.29, 1.82) is 0 Å². The van der Waals surface area contributed by atoms with Gasteiger partial charge in [0.1, 0.15) is 0 Å². The van der Waals surface area contributed by atoms with Crippen molar-refractivity contribution in [2.45, 2.75) is 19.4 Å². The van der Waals surface area contributed by atoms with E-state index in [2.05, 4.69) is 4.99 Å². The number of nitrogens with zero attached hydrogens (tertiary/aromatic N) is 2. The first-order chi connectivity index (χ1) is 10.6. The van der Waals surface area contributed by atoms with E-state index in [4.69, 9.17) is 4.74 Å². The van der Waals surface area contributed by atoms with Gasteiger partial charge in [0.05, 0.1) is 24.4 Å². The van der Waals surface area contributed by atoms with Gasteiger partial charge in [-0.05, 0) is 12.5 Å². The van der Waals surface area contributed by atoms with Crippen molar-refractivity contribution >= 4 is 28.8 Å². The SMILES string of the molecule is COC(=O)C1=C(C)N=C2SCCC(=O)N2C1c1ccccc1. The van der Waals surface area contributed by atoms with Crippen LogP contribution >= 0.6 is 11.8 Å². The Bertz CT molecular complexity index is 682. The summed E-state index contributed by atoms with van der Waals surface area (Å²) < 4.78 is 4.92. The standard InChI is InChI=1S/C16H16N2O3S/c1-10-13(15(20)21-2)14(11-6-4-3-5-7-11)18-12(19)8-9-22-16(18)17-10/h3-7,14H,8-9H2,1-2H3. The molecule has 22 heavy (non-hydrogen) atoms. The van der Waals surface area contributed by atoms with Crippen LogP contribution in [0.4, 0.5) is 0 Å². The van der Waals surface area contributed by atoms with Crippen molar-refractivity contribution in [2.24, 2.45) is 4.99 Å². The Morgan fingerprint density at radius 1 is 1.36 bits per heavy atom. The van der Waals surface area contributed by atoms with Crippen LogP contribution in [0.15, 0.2) is 46.6 Å². The van der Waals surface area contributed by atoms with Crippen LogP contribution in [-0.2, 0) is 14.3 Å². The lowest BCUT2D eigenvalue weighted by Gasteiger charge is -2.38. The summed E-state index contributed by atoms with van der Waals surface area (Å²) in [5.74, 6) is 0.258. The summed E-state index contributed by atoms with van der Waals surface area (Å²) in [5.41, 5.74) is 1.91. The second-order valence-electron chi connectivity index (χ2n) is 5.06. The molecule has 1 fully saturated rings. The second kappa shape index (κ2) is 5.96. The highest BCUT2D eigenvalue weighted by molar-refractivity contribution is 8.14. The number of allylic oxidation sites excluding steroid dienone is 1. The minimum Gasteiger partial charge on any atom is -0.466 e. The van der Waals surface area contributed by atoms with Gasteiger partial charge in [-0.15, -0.1) is 0 Å². The monoisotopic (exact) mass is 316 g/mol. The molecule has 0 saturated carbocycles. The first kappa shape index (κ1) is 14.8. The Morgan fingerprint density at radius 3 is 2.77 bits per heavy atom. The number of ether oxygens (including phenoxy) is 1. The van der Waals surface area contributed by atoms with E-state index >= 15 is 0 Å². The lowest BCUT2D eigenvalue weighted by molar-refractivity contribution is -0.137. The van der Waals surface area contributed by atoms with Gasteiger partial charge in [-0.3, -0.25) is 9.69 Å². The zero-order chi connectivity index (χ0) is 15.7. The molecule has 3 rings (SSSR count). The number of esters is 1. The number of rotatable bonds is 2. The molecule has 1 aromatic carbocycles. The number of aliphatic imine (C=N–C) groups is 1. The first-order valence-electron chi connectivity index (χ1n) is 7.01. The van der Waals surface area contributed by atoms with Gasteiger partial charge < -0.3 is 4.74 Å². The smallest absolute Gasteiger partial charge is 0.338 e. The molecule has 0 aliphatic carbocycles. The number of hydrogen-bond donors (Lipinski definition) is 0. The predicted octanol–water partition coefficient (Wildman–Crippen LogP) is 2.51. The van der Waals surface area contributed by atoms with Gasteiger partial charge >= 0.3 is 5.97 Å². The second-order valence-corrected chi connectivity index (χ2v) is 6.12. The van der Waals surface area contributed by atoms with Crippen LogP contribution in [0.3, 0.4) is 0 Å². The largest absolute Gasteiger partial charge is 0.466 e. The molecule has 1 amide bonds. The van der Waals surface area contributed by atoms with Gasteiger partial charge in [0.2, 0.25) is 5.91 Å². The molecule has 0 bridgehead atoms. The zero-order valence-electron chi connectivity index (χ0n) is 12.4. The summed E-state index contributed by atoms with van der Waals surface area (Å²) in [5, 5.41) is 0.662. The molecule has 0 spiro atoms. The summed E-state index contributed by atoms with van der Waals surface area (Å²) >= 11 is 1.54. The molecular formula is C16H16N2O3S. The van der Waals surface area contributed by atoms with Crippen molar-refractivity contribution in [3.63, 3.8) is 0 Å². The molecule has 0 N–H and O–H groups in total. The summed E-state index contributed by atoms with van der Waals surface area (Å²) in [4.78, 5) is 30.8. The third-order valence-electron chi connectivity index (χ3n) is 3.73. The molecule has 1 unspecified atom stereocenters. The maximum Gasteiger partial charge on any atom is 0.338 e. The first-order valence-corrected chi connectivity index (χ1v) is 7.99. The Balaban J connectivity index is 2.17. The van der Waals surface area contributed by atoms with E-state index in [0.717, 1.165) is 11.3 Å². The summed E-state index contributed by atoms with van der Waals surface area (Å²) in [6.45, 7) is 1.78. The number of amides is 1. The number of fused-ring (bicyclic) bond motifs is 1. The van der Waals surface area contributed by atoms with E-state index in [9.17, 15) is 9.59 Å². The van der Waals surface area contributed by atoms with E-state index < -0.39 is 12.0 Å². The summed E-state index contributed by atoms with van der Waals surface area (Å²) in [6, 6.07) is 9.05. The molecule has 0 radical (unpaired) electrons. The van der Waals surface area contributed by atoms with Crippen LogP contribution < -0.4 is 0 Å². The minimum atomic E-state index is -0.471. The number of hydrogen-bond acceptors (Lipinski definition) is 5. The molecule has 5 nitrogen and oxygen atoms in total. The average Bonchev–Trinajstić information content (AvgIpc) is 2.54. The van der Waals surface area contributed by atoms with Crippen LogP contribution in [0.5, 0.6) is 0 Å². The van der Waals surface area contributed by atoms with Gasteiger partial charge in [0.25, 0.3) is 0 Å². The number of carbonyl (C=O) groups excluding carboxylic acids is 2. The fourth-order valence-electron chi connectivity index (χ4n) is 2.72. The minimum absolute atomic E-state index is 0.0137. The van der Waals surface area contributed by atoms with Crippen molar-refractivity contribution in [2.75, 3.05) is 12.9 Å². The van der Waals surface area contributed by atoms with Crippen molar-refractivity contribution in [1.82, 2.24) is 4.90 Å². The molecule has 0 aromatic heterocycles.